The molecule has 0 saturated carbocycles. The van der Waals surface area contributed by atoms with Crippen LogP contribution >= 0.6 is 11.6 Å². The standard InChI is InChI=1S/C12H15ClF3NO/c1-2-3-10-6-9(8-13)7-11(17-10)18-5-4-12(14,15)16/h6-7H,2-5,8H2,1H3. The number of ether oxygens (including phenoxy) is 1. The van der Waals surface area contributed by atoms with Crippen molar-refractivity contribution >= 4 is 11.6 Å². The van der Waals surface area contributed by atoms with Crippen LogP contribution in [0.15, 0.2) is 12.1 Å². The van der Waals surface area contributed by atoms with Crippen molar-refractivity contribution in [3.63, 3.8) is 0 Å². The molecule has 0 N–H and O–H groups in total. The minimum Gasteiger partial charge on any atom is -0.477 e. The number of aromatic nitrogens is 1. The first kappa shape index (κ1) is 15.1. The fraction of sp³-hybridized carbons (Fsp3) is 0.583. The van der Waals surface area contributed by atoms with Gasteiger partial charge in [-0.3, -0.25) is 0 Å². The fourth-order valence-electron chi connectivity index (χ4n) is 1.43. The molecule has 0 bridgehead atoms. The van der Waals surface area contributed by atoms with Crippen molar-refractivity contribution in [2.45, 2.75) is 38.2 Å². The maximum absolute atomic E-state index is 12.0. The molecule has 0 fully saturated rings. The van der Waals surface area contributed by atoms with Crippen molar-refractivity contribution in [2.75, 3.05) is 6.61 Å². The summed E-state index contributed by atoms with van der Waals surface area (Å²) >= 11 is 5.71. The van der Waals surface area contributed by atoms with Gasteiger partial charge in [0.15, 0.2) is 0 Å². The lowest BCUT2D eigenvalue weighted by Crippen LogP contribution is -2.13. The third kappa shape index (κ3) is 5.58. The second-order valence-corrected chi connectivity index (χ2v) is 4.17. The van der Waals surface area contributed by atoms with E-state index in [1.54, 1.807) is 6.07 Å². The fourth-order valence-corrected chi connectivity index (χ4v) is 1.58. The molecule has 1 rings (SSSR count). The number of rotatable bonds is 6. The van der Waals surface area contributed by atoms with Gasteiger partial charge in [0.25, 0.3) is 0 Å². The van der Waals surface area contributed by atoms with E-state index < -0.39 is 19.2 Å². The number of hydrogen-bond acceptors (Lipinski definition) is 2. The third-order valence-electron chi connectivity index (χ3n) is 2.21. The molecule has 0 atom stereocenters. The molecular weight excluding hydrogens is 267 g/mol. The molecular formula is C12H15ClF3NO. The Kier molecular flexibility index (Phi) is 5.72. The Bertz CT molecular complexity index is 382. The van der Waals surface area contributed by atoms with E-state index in [2.05, 4.69) is 4.98 Å². The molecule has 0 spiro atoms. The summed E-state index contributed by atoms with van der Waals surface area (Å²) in [6.45, 7) is 1.58. The molecule has 102 valence electrons. The summed E-state index contributed by atoms with van der Waals surface area (Å²) < 4.78 is 41.0. The van der Waals surface area contributed by atoms with Crippen molar-refractivity contribution in [1.82, 2.24) is 4.98 Å². The number of aryl methyl sites for hydroxylation is 1. The Morgan fingerprint density at radius 2 is 2.06 bits per heavy atom. The SMILES string of the molecule is CCCc1cc(CCl)cc(OCCC(F)(F)F)n1. The van der Waals surface area contributed by atoms with E-state index in [0.29, 0.717) is 0 Å². The van der Waals surface area contributed by atoms with Gasteiger partial charge < -0.3 is 4.74 Å². The topological polar surface area (TPSA) is 22.1 Å². The van der Waals surface area contributed by atoms with Crippen LogP contribution in [0.4, 0.5) is 13.2 Å². The molecule has 1 heterocycles. The summed E-state index contributed by atoms with van der Waals surface area (Å²) in [6.07, 6.45) is -3.54. The van der Waals surface area contributed by atoms with Crippen molar-refractivity contribution in [3.05, 3.63) is 23.4 Å². The average Bonchev–Trinajstić information content (AvgIpc) is 2.27. The van der Waals surface area contributed by atoms with Crippen molar-refractivity contribution in [1.29, 1.82) is 0 Å². The molecule has 0 aliphatic heterocycles. The molecule has 0 amide bonds. The molecule has 0 saturated heterocycles. The first-order valence-electron chi connectivity index (χ1n) is 5.70. The zero-order valence-corrected chi connectivity index (χ0v) is 10.8. The largest absolute Gasteiger partial charge is 0.477 e. The predicted molar refractivity (Wildman–Crippen MR) is 64.0 cm³/mol. The molecule has 0 aromatic carbocycles. The minimum absolute atomic E-state index is 0.209. The monoisotopic (exact) mass is 281 g/mol. The smallest absolute Gasteiger partial charge is 0.392 e. The van der Waals surface area contributed by atoms with Crippen LogP contribution in [0.3, 0.4) is 0 Å². The average molecular weight is 282 g/mol. The van der Waals surface area contributed by atoms with Gasteiger partial charge in [-0.05, 0) is 18.1 Å². The lowest BCUT2D eigenvalue weighted by Gasteiger charge is -2.10. The van der Waals surface area contributed by atoms with E-state index in [-0.39, 0.29) is 11.8 Å². The Hall–Kier alpha value is -0.970. The molecule has 18 heavy (non-hydrogen) atoms. The van der Waals surface area contributed by atoms with Gasteiger partial charge in [-0.25, -0.2) is 4.98 Å². The van der Waals surface area contributed by atoms with Crippen molar-refractivity contribution in [3.8, 4) is 5.88 Å². The van der Waals surface area contributed by atoms with Crippen molar-refractivity contribution in [2.24, 2.45) is 0 Å². The lowest BCUT2D eigenvalue weighted by atomic mass is 10.2. The minimum atomic E-state index is -4.21. The van der Waals surface area contributed by atoms with Gasteiger partial charge in [0.1, 0.15) is 0 Å². The van der Waals surface area contributed by atoms with Crippen molar-refractivity contribution < 1.29 is 17.9 Å². The number of hydrogen-bond donors (Lipinski definition) is 0. The van der Waals surface area contributed by atoms with Crippen LogP contribution in [0, 0.1) is 0 Å². The van der Waals surface area contributed by atoms with Gasteiger partial charge >= 0.3 is 6.18 Å². The third-order valence-corrected chi connectivity index (χ3v) is 2.52. The van der Waals surface area contributed by atoms with Crippen LogP contribution in [0.1, 0.15) is 31.0 Å². The lowest BCUT2D eigenvalue weighted by molar-refractivity contribution is -0.139. The van der Waals surface area contributed by atoms with E-state index in [1.807, 2.05) is 13.0 Å². The first-order valence-corrected chi connectivity index (χ1v) is 6.23. The zero-order valence-electron chi connectivity index (χ0n) is 10.1. The molecule has 0 radical (unpaired) electrons. The molecule has 1 aromatic heterocycles. The molecule has 0 aliphatic carbocycles. The zero-order chi connectivity index (χ0) is 13.6. The molecule has 0 unspecified atom stereocenters. The van der Waals surface area contributed by atoms with E-state index in [4.69, 9.17) is 16.3 Å². The number of alkyl halides is 4. The second-order valence-electron chi connectivity index (χ2n) is 3.90. The Labute approximate surface area is 109 Å². The van der Waals surface area contributed by atoms with Crippen LogP contribution in [0.25, 0.3) is 0 Å². The summed E-state index contributed by atoms with van der Waals surface area (Å²) in [4.78, 5) is 4.14. The Morgan fingerprint density at radius 3 is 2.61 bits per heavy atom. The Morgan fingerprint density at radius 1 is 1.33 bits per heavy atom. The van der Waals surface area contributed by atoms with E-state index in [9.17, 15) is 13.2 Å². The maximum atomic E-state index is 12.0. The van der Waals surface area contributed by atoms with Gasteiger partial charge in [-0.2, -0.15) is 13.2 Å². The summed E-state index contributed by atoms with van der Waals surface area (Å²) in [5.41, 5.74) is 1.59. The summed E-state index contributed by atoms with van der Waals surface area (Å²) in [7, 11) is 0. The highest BCUT2D eigenvalue weighted by molar-refractivity contribution is 6.17. The molecule has 0 aliphatic rings. The van der Waals surface area contributed by atoms with Crippen LogP contribution in [0.5, 0.6) is 5.88 Å². The highest BCUT2D eigenvalue weighted by atomic mass is 35.5. The Balaban J connectivity index is 2.66. The predicted octanol–water partition coefficient (Wildman–Crippen LogP) is 4.10. The van der Waals surface area contributed by atoms with Crippen LogP contribution in [-0.4, -0.2) is 17.8 Å². The van der Waals surface area contributed by atoms with Crippen LogP contribution in [0.2, 0.25) is 0 Å². The maximum Gasteiger partial charge on any atom is 0.392 e. The number of halogens is 4. The van der Waals surface area contributed by atoms with Gasteiger partial charge in [-0.15, -0.1) is 11.6 Å². The molecule has 2 nitrogen and oxygen atoms in total. The summed E-state index contributed by atoms with van der Waals surface area (Å²) in [5.74, 6) is 0.496. The first-order chi connectivity index (χ1) is 8.44. The van der Waals surface area contributed by atoms with Crippen LogP contribution in [-0.2, 0) is 12.3 Å². The van der Waals surface area contributed by atoms with Crippen LogP contribution < -0.4 is 4.74 Å². The van der Waals surface area contributed by atoms with E-state index in [1.165, 1.54) is 0 Å². The summed E-state index contributed by atoms with van der Waals surface area (Å²) in [5, 5.41) is 0. The van der Waals surface area contributed by atoms with Gasteiger partial charge in [0, 0.05) is 17.6 Å². The highest BCUT2D eigenvalue weighted by Gasteiger charge is 2.26. The van der Waals surface area contributed by atoms with E-state index in [0.717, 1.165) is 24.1 Å². The quantitative estimate of drug-likeness (QED) is 0.732. The molecule has 1 aromatic rings. The normalized spacial score (nSPS) is 11.6. The highest BCUT2D eigenvalue weighted by Crippen LogP contribution is 2.21. The molecule has 6 heteroatoms. The summed E-state index contributed by atoms with van der Waals surface area (Å²) in [6, 6.07) is 3.41. The number of nitrogens with zero attached hydrogens (tertiary/aromatic N) is 1. The van der Waals surface area contributed by atoms with Gasteiger partial charge in [-0.1, -0.05) is 13.3 Å². The number of pyridine rings is 1. The second kappa shape index (κ2) is 6.83. The van der Waals surface area contributed by atoms with Gasteiger partial charge in [0.05, 0.1) is 13.0 Å². The van der Waals surface area contributed by atoms with Gasteiger partial charge in [0.2, 0.25) is 5.88 Å². The van der Waals surface area contributed by atoms with E-state index >= 15 is 0 Å².